The Bertz CT molecular complexity index is 453. The molecular formula is C12H16BrN3O2. The first-order chi connectivity index (χ1) is 8.60. The van der Waals surface area contributed by atoms with Crippen molar-refractivity contribution in [2.24, 2.45) is 5.84 Å². The van der Waals surface area contributed by atoms with Crippen molar-refractivity contribution in [1.82, 2.24) is 10.3 Å². The highest BCUT2D eigenvalue weighted by molar-refractivity contribution is 9.10. The maximum atomic E-state index is 11.4. The molecule has 1 aromatic carbocycles. The molecule has 6 heteroatoms. The lowest BCUT2D eigenvalue weighted by molar-refractivity contribution is 0.0953. The number of hydrogen-bond donors (Lipinski definition) is 3. The first kappa shape index (κ1) is 13.5. The number of carbonyl (C=O) groups excluding carboxylic acids is 1. The lowest BCUT2D eigenvalue weighted by Gasteiger charge is -2.16. The van der Waals surface area contributed by atoms with E-state index in [9.17, 15) is 9.90 Å². The molecule has 2 rings (SSSR count). The summed E-state index contributed by atoms with van der Waals surface area (Å²) < 4.78 is 0.880. The van der Waals surface area contributed by atoms with E-state index in [0.717, 1.165) is 29.5 Å². The molecule has 1 amide bonds. The number of rotatable bonds is 3. The van der Waals surface area contributed by atoms with Crippen LogP contribution >= 0.6 is 15.9 Å². The topological polar surface area (TPSA) is 78.6 Å². The van der Waals surface area contributed by atoms with Gasteiger partial charge < -0.3 is 5.11 Å². The zero-order valence-corrected chi connectivity index (χ0v) is 11.5. The van der Waals surface area contributed by atoms with Crippen LogP contribution in [0.3, 0.4) is 0 Å². The molecule has 1 heterocycles. The van der Waals surface area contributed by atoms with Crippen LogP contribution in [0, 0.1) is 0 Å². The molecule has 0 aromatic heterocycles. The number of β-amino-alcohol motifs (C(OH)–C–C–N with tert-alkyl or cyclic N) is 1. The fraction of sp³-hybridized carbons (Fsp3) is 0.417. The number of aliphatic hydroxyl groups is 1. The highest BCUT2D eigenvalue weighted by Crippen LogP contribution is 2.22. The highest BCUT2D eigenvalue weighted by Gasteiger charge is 2.20. The Balaban J connectivity index is 2.08. The van der Waals surface area contributed by atoms with E-state index in [4.69, 9.17) is 5.84 Å². The van der Waals surface area contributed by atoms with E-state index in [1.54, 1.807) is 12.1 Å². The minimum atomic E-state index is -0.307. The molecule has 0 aliphatic carbocycles. The molecule has 1 saturated heterocycles. The van der Waals surface area contributed by atoms with Gasteiger partial charge in [-0.1, -0.05) is 22.0 Å². The normalized spacial score (nSPS) is 20.1. The van der Waals surface area contributed by atoms with Crippen LogP contribution in [0.2, 0.25) is 0 Å². The van der Waals surface area contributed by atoms with Crippen LogP contribution in [0.25, 0.3) is 0 Å². The van der Waals surface area contributed by atoms with Crippen molar-refractivity contribution in [3.8, 4) is 0 Å². The first-order valence-corrected chi connectivity index (χ1v) is 6.59. The number of halogens is 1. The Morgan fingerprint density at radius 2 is 2.39 bits per heavy atom. The van der Waals surface area contributed by atoms with Crippen molar-refractivity contribution in [1.29, 1.82) is 0 Å². The van der Waals surface area contributed by atoms with E-state index < -0.39 is 0 Å². The molecule has 1 aliphatic rings. The minimum Gasteiger partial charge on any atom is -0.392 e. The predicted octanol–water partition coefficient (Wildman–Crippen LogP) is 0.619. The molecule has 1 aromatic rings. The van der Waals surface area contributed by atoms with Gasteiger partial charge in [-0.2, -0.15) is 0 Å². The van der Waals surface area contributed by atoms with Gasteiger partial charge in [0.2, 0.25) is 0 Å². The largest absolute Gasteiger partial charge is 0.392 e. The fourth-order valence-corrected chi connectivity index (χ4v) is 2.60. The summed E-state index contributed by atoms with van der Waals surface area (Å²) in [4.78, 5) is 13.6. The summed E-state index contributed by atoms with van der Waals surface area (Å²) in [5.74, 6) is 4.78. The molecule has 1 atom stereocenters. The molecule has 98 valence electrons. The summed E-state index contributed by atoms with van der Waals surface area (Å²) in [7, 11) is 0. The second kappa shape index (κ2) is 5.79. The third-order valence-corrected chi connectivity index (χ3v) is 3.83. The number of carbonyl (C=O) groups is 1. The van der Waals surface area contributed by atoms with Gasteiger partial charge in [-0.15, -0.1) is 0 Å². The van der Waals surface area contributed by atoms with Crippen molar-refractivity contribution >= 4 is 21.8 Å². The van der Waals surface area contributed by atoms with E-state index in [-0.39, 0.29) is 12.0 Å². The number of nitrogens with one attached hydrogen (secondary N) is 1. The Hall–Kier alpha value is -0.950. The van der Waals surface area contributed by atoms with E-state index in [0.29, 0.717) is 12.1 Å². The SMILES string of the molecule is NNC(=O)c1ccc(CN2CCC(O)C2)c(Br)c1. The van der Waals surface area contributed by atoms with Gasteiger partial charge in [0.15, 0.2) is 0 Å². The Kier molecular flexibility index (Phi) is 4.34. The third-order valence-electron chi connectivity index (χ3n) is 3.09. The van der Waals surface area contributed by atoms with E-state index in [1.807, 2.05) is 6.07 Å². The minimum absolute atomic E-state index is 0.217. The number of amides is 1. The number of nitrogens with zero attached hydrogens (tertiary/aromatic N) is 1. The van der Waals surface area contributed by atoms with Crippen LogP contribution in [-0.4, -0.2) is 35.1 Å². The maximum Gasteiger partial charge on any atom is 0.265 e. The van der Waals surface area contributed by atoms with Crippen molar-refractivity contribution in [3.05, 3.63) is 33.8 Å². The Morgan fingerprint density at radius 1 is 1.61 bits per heavy atom. The molecule has 4 N–H and O–H groups in total. The van der Waals surface area contributed by atoms with Crippen molar-refractivity contribution < 1.29 is 9.90 Å². The van der Waals surface area contributed by atoms with E-state index in [2.05, 4.69) is 26.3 Å². The summed E-state index contributed by atoms with van der Waals surface area (Å²) in [6, 6.07) is 5.40. The van der Waals surface area contributed by atoms with Crippen LogP contribution in [-0.2, 0) is 6.54 Å². The Morgan fingerprint density at radius 3 is 2.94 bits per heavy atom. The van der Waals surface area contributed by atoms with E-state index in [1.165, 1.54) is 0 Å². The van der Waals surface area contributed by atoms with Crippen LogP contribution < -0.4 is 11.3 Å². The summed E-state index contributed by atoms with van der Waals surface area (Å²) in [5, 5.41) is 9.48. The fourth-order valence-electron chi connectivity index (χ4n) is 2.10. The molecule has 5 nitrogen and oxygen atoms in total. The molecule has 1 fully saturated rings. The summed E-state index contributed by atoms with van der Waals surface area (Å²) >= 11 is 3.46. The van der Waals surface area contributed by atoms with Crippen LogP contribution in [0.1, 0.15) is 22.3 Å². The second-order valence-corrected chi connectivity index (χ2v) is 5.31. The lowest BCUT2D eigenvalue weighted by atomic mass is 10.1. The first-order valence-electron chi connectivity index (χ1n) is 5.80. The number of likely N-dealkylation sites (tertiary alicyclic amines) is 1. The number of aliphatic hydroxyl groups excluding tert-OH is 1. The van der Waals surface area contributed by atoms with Crippen molar-refractivity contribution in [2.75, 3.05) is 13.1 Å². The van der Waals surface area contributed by atoms with Gasteiger partial charge in [-0.05, 0) is 24.1 Å². The quantitative estimate of drug-likeness (QED) is 0.434. The zero-order valence-electron chi connectivity index (χ0n) is 9.90. The summed E-state index contributed by atoms with van der Waals surface area (Å²) in [5.41, 5.74) is 3.72. The molecule has 18 heavy (non-hydrogen) atoms. The van der Waals surface area contributed by atoms with Gasteiger partial charge >= 0.3 is 0 Å². The third kappa shape index (κ3) is 3.08. The van der Waals surface area contributed by atoms with Gasteiger partial charge in [0.05, 0.1) is 6.10 Å². The van der Waals surface area contributed by atoms with Gasteiger partial charge in [-0.3, -0.25) is 15.1 Å². The number of hydrazine groups is 1. The van der Waals surface area contributed by atoms with Gasteiger partial charge in [0.25, 0.3) is 5.91 Å². The molecule has 0 radical (unpaired) electrons. The molecule has 1 unspecified atom stereocenters. The summed E-state index contributed by atoms with van der Waals surface area (Å²) in [6.45, 7) is 2.37. The number of nitrogens with two attached hydrogens (primary N) is 1. The lowest BCUT2D eigenvalue weighted by Crippen LogP contribution is -2.30. The molecule has 0 saturated carbocycles. The number of nitrogen functional groups attached to an aromatic ring is 1. The van der Waals surface area contributed by atoms with Crippen LogP contribution in [0.15, 0.2) is 22.7 Å². The maximum absolute atomic E-state index is 11.4. The Labute approximate surface area is 114 Å². The molecule has 0 spiro atoms. The summed E-state index contributed by atoms with van der Waals surface area (Å²) in [6.07, 6.45) is 0.608. The average molecular weight is 314 g/mol. The zero-order chi connectivity index (χ0) is 13.1. The number of benzene rings is 1. The monoisotopic (exact) mass is 313 g/mol. The molecular weight excluding hydrogens is 298 g/mol. The molecule has 0 bridgehead atoms. The van der Waals surface area contributed by atoms with Crippen LogP contribution in [0.5, 0.6) is 0 Å². The van der Waals surface area contributed by atoms with Crippen molar-refractivity contribution in [2.45, 2.75) is 19.1 Å². The van der Waals surface area contributed by atoms with Crippen LogP contribution in [0.4, 0.5) is 0 Å². The van der Waals surface area contributed by atoms with Gasteiger partial charge in [-0.25, -0.2) is 5.84 Å². The standard InChI is InChI=1S/C12H16BrN3O2/c13-11-5-8(12(18)15-14)1-2-9(11)6-16-4-3-10(17)7-16/h1-2,5,10,17H,3-4,6-7,14H2,(H,15,18). The second-order valence-electron chi connectivity index (χ2n) is 4.46. The highest BCUT2D eigenvalue weighted by atomic mass is 79.9. The average Bonchev–Trinajstić information content (AvgIpc) is 2.76. The smallest absolute Gasteiger partial charge is 0.265 e. The molecule has 1 aliphatic heterocycles. The van der Waals surface area contributed by atoms with Crippen molar-refractivity contribution in [3.63, 3.8) is 0 Å². The predicted molar refractivity (Wildman–Crippen MR) is 71.7 cm³/mol. The van der Waals surface area contributed by atoms with Gasteiger partial charge in [0, 0.05) is 29.7 Å². The van der Waals surface area contributed by atoms with E-state index >= 15 is 0 Å². The van der Waals surface area contributed by atoms with Gasteiger partial charge in [0.1, 0.15) is 0 Å². The number of hydrogen-bond acceptors (Lipinski definition) is 4.